The quantitative estimate of drug-likeness (QED) is 0.292. The molecule has 0 radical (unpaired) electrons. The highest BCUT2D eigenvalue weighted by Gasteiger charge is 2.30. The van der Waals surface area contributed by atoms with E-state index in [0.717, 1.165) is 105 Å². The summed E-state index contributed by atoms with van der Waals surface area (Å²) >= 11 is 0. The number of ether oxygens (including phenoxy) is 2. The molecule has 0 spiro atoms. The molecule has 2 amide bonds. The van der Waals surface area contributed by atoms with Crippen LogP contribution < -0.4 is 9.64 Å². The molecule has 1 aromatic heterocycles. The molecule has 2 fully saturated rings. The van der Waals surface area contributed by atoms with Gasteiger partial charge in [-0.05, 0) is 71.6 Å². The molecule has 244 valence electrons. The van der Waals surface area contributed by atoms with Crippen molar-refractivity contribution < 1.29 is 19.1 Å². The van der Waals surface area contributed by atoms with Crippen LogP contribution in [0.15, 0.2) is 78.9 Å². The maximum atomic E-state index is 14.2. The van der Waals surface area contributed by atoms with Crippen molar-refractivity contribution in [1.82, 2.24) is 19.3 Å². The second kappa shape index (κ2) is 13.7. The van der Waals surface area contributed by atoms with E-state index >= 15 is 0 Å². The summed E-state index contributed by atoms with van der Waals surface area (Å²) in [5.41, 5.74) is 7.29. The lowest BCUT2D eigenvalue weighted by atomic mass is 9.97. The molecule has 4 heterocycles. The van der Waals surface area contributed by atoms with Crippen LogP contribution >= 0.6 is 0 Å². The van der Waals surface area contributed by atoms with Crippen molar-refractivity contribution in [3.8, 4) is 16.9 Å². The Balaban J connectivity index is 1.08. The van der Waals surface area contributed by atoms with Gasteiger partial charge in [0.1, 0.15) is 11.4 Å². The number of morpholine rings is 1. The Morgan fingerprint density at radius 3 is 2.30 bits per heavy atom. The zero-order valence-corrected chi connectivity index (χ0v) is 27.4. The van der Waals surface area contributed by atoms with E-state index in [4.69, 9.17) is 9.47 Å². The number of anilines is 1. The summed E-state index contributed by atoms with van der Waals surface area (Å²) < 4.78 is 13.0. The number of para-hydroxylation sites is 1. The Morgan fingerprint density at radius 2 is 1.53 bits per heavy atom. The van der Waals surface area contributed by atoms with E-state index in [1.54, 1.807) is 7.11 Å². The van der Waals surface area contributed by atoms with Crippen LogP contribution in [0.25, 0.3) is 11.1 Å². The van der Waals surface area contributed by atoms with Gasteiger partial charge in [-0.15, -0.1) is 0 Å². The number of methoxy groups -OCH3 is 1. The number of amides is 2. The van der Waals surface area contributed by atoms with Crippen molar-refractivity contribution in [3.05, 3.63) is 107 Å². The summed E-state index contributed by atoms with van der Waals surface area (Å²) in [5, 5.41) is 0. The fourth-order valence-electron chi connectivity index (χ4n) is 7.04. The maximum Gasteiger partial charge on any atom is 0.270 e. The van der Waals surface area contributed by atoms with Gasteiger partial charge in [-0.1, -0.05) is 36.4 Å². The average Bonchev–Trinajstić information content (AvgIpc) is 3.43. The van der Waals surface area contributed by atoms with E-state index in [2.05, 4.69) is 26.5 Å². The third-order valence-electron chi connectivity index (χ3n) is 9.82. The van der Waals surface area contributed by atoms with Crippen LogP contribution in [0, 0.1) is 6.92 Å². The van der Waals surface area contributed by atoms with Crippen molar-refractivity contribution in [1.29, 1.82) is 0 Å². The molecule has 0 aliphatic carbocycles. The van der Waals surface area contributed by atoms with Crippen molar-refractivity contribution >= 4 is 17.5 Å². The Hall–Kier alpha value is -4.44. The summed E-state index contributed by atoms with van der Waals surface area (Å²) in [6.45, 7) is 11.9. The van der Waals surface area contributed by atoms with E-state index < -0.39 is 0 Å². The zero-order chi connectivity index (χ0) is 32.3. The first-order valence-electron chi connectivity index (χ1n) is 16.6. The topological polar surface area (TPSA) is 70.5 Å². The lowest BCUT2D eigenvalue weighted by Crippen LogP contribution is -2.51. The average molecular weight is 634 g/mol. The van der Waals surface area contributed by atoms with Crippen molar-refractivity contribution in [2.75, 3.05) is 77.6 Å². The predicted molar refractivity (Wildman–Crippen MR) is 183 cm³/mol. The van der Waals surface area contributed by atoms with E-state index in [0.29, 0.717) is 24.3 Å². The van der Waals surface area contributed by atoms with Gasteiger partial charge in [-0.3, -0.25) is 19.4 Å². The van der Waals surface area contributed by atoms with Crippen LogP contribution in [0.1, 0.15) is 37.7 Å². The van der Waals surface area contributed by atoms with Gasteiger partial charge in [-0.2, -0.15) is 0 Å². The predicted octanol–water partition coefficient (Wildman–Crippen LogP) is 4.77. The summed E-state index contributed by atoms with van der Waals surface area (Å²) in [5.74, 6) is 0.796. The number of benzene rings is 3. The molecule has 3 aliphatic rings. The summed E-state index contributed by atoms with van der Waals surface area (Å²) in [6.07, 6.45) is 0. The summed E-state index contributed by atoms with van der Waals surface area (Å²) in [6, 6.07) is 25.8. The fourth-order valence-corrected chi connectivity index (χ4v) is 7.04. The molecule has 47 heavy (non-hydrogen) atoms. The Kier molecular flexibility index (Phi) is 9.11. The van der Waals surface area contributed by atoms with E-state index in [-0.39, 0.29) is 11.8 Å². The first-order chi connectivity index (χ1) is 23.0. The number of hydrogen-bond acceptors (Lipinski definition) is 6. The van der Waals surface area contributed by atoms with Crippen LogP contribution in [0.3, 0.4) is 0 Å². The highest BCUT2D eigenvalue weighted by Crippen LogP contribution is 2.32. The van der Waals surface area contributed by atoms with Gasteiger partial charge in [0.05, 0.1) is 33.4 Å². The number of carbonyl (C=O) groups excluding carboxylic acids is 2. The molecule has 9 heteroatoms. The number of piperazine rings is 1. The Labute approximate surface area is 276 Å². The maximum absolute atomic E-state index is 14.2. The number of rotatable bonds is 7. The smallest absolute Gasteiger partial charge is 0.270 e. The van der Waals surface area contributed by atoms with Gasteiger partial charge in [0.25, 0.3) is 11.8 Å². The van der Waals surface area contributed by atoms with Crippen molar-refractivity contribution in [2.24, 2.45) is 0 Å². The number of fused-ring (bicyclic) bond motifs is 2. The van der Waals surface area contributed by atoms with Gasteiger partial charge in [0.2, 0.25) is 0 Å². The highest BCUT2D eigenvalue weighted by molar-refractivity contribution is 6.07. The molecule has 0 saturated carbocycles. The SMILES string of the molecule is COc1cccc(-c2ccc(C(=O)N3Cc4ccc(C(=O)N5CCN(CCN6CCOCC6)CC5)n4Cc4ccccc43)cc2C)c1. The van der Waals surface area contributed by atoms with Gasteiger partial charge in [0, 0.05) is 69.3 Å². The fraction of sp³-hybridized carbons (Fsp3) is 0.368. The van der Waals surface area contributed by atoms with Crippen molar-refractivity contribution in [3.63, 3.8) is 0 Å². The first kappa shape index (κ1) is 31.2. The largest absolute Gasteiger partial charge is 0.497 e. The third-order valence-corrected chi connectivity index (χ3v) is 9.82. The third kappa shape index (κ3) is 6.56. The van der Waals surface area contributed by atoms with Gasteiger partial charge in [0.15, 0.2) is 0 Å². The number of nitrogens with zero attached hydrogens (tertiary/aromatic N) is 5. The van der Waals surface area contributed by atoms with Gasteiger partial charge >= 0.3 is 0 Å². The molecule has 4 aromatic rings. The molecule has 0 unspecified atom stereocenters. The standard InChI is InChI=1S/C38H43N5O4/c1-28-24-30(10-12-34(28)29-7-5-8-33(25-29)46-2)37(44)43-27-32-11-13-36(42(32)26-31-6-3-4-9-35(31)43)38(45)41-18-16-39(17-19-41)14-15-40-20-22-47-23-21-40/h3-13,24-25H,14-23,26-27H2,1-2H3. The molecule has 9 nitrogen and oxygen atoms in total. The van der Waals surface area contributed by atoms with E-state index in [9.17, 15) is 9.59 Å². The number of carbonyl (C=O) groups is 2. The molecular weight excluding hydrogens is 590 g/mol. The normalized spacial score (nSPS) is 17.1. The minimum Gasteiger partial charge on any atom is -0.497 e. The van der Waals surface area contributed by atoms with Crippen LogP contribution in [-0.4, -0.2) is 104 Å². The Bertz CT molecular complexity index is 1750. The van der Waals surface area contributed by atoms with Crippen LogP contribution in [0.2, 0.25) is 0 Å². The highest BCUT2D eigenvalue weighted by atomic mass is 16.5. The minimum absolute atomic E-state index is 0.0603. The summed E-state index contributed by atoms with van der Waals surface area (Å²) in [4.78, 5) is 36.9. The Morgan fingerprint density at radius 1 is 0.766 bits per heavy atom. The number of hydrogen-bond donors (Lipinski definition) is 0. The molecular formula is C38H43N5O4. The number of aromatic nitrogens is 1. The van der Waals surface area contributed by atoms with Gasteiger partial charge in [-0.25, -0.2) is 0 Å². The summed E-state index contributed by atoms with van der Waals surface area (Å²) in [7, 11) is 1.66. The molecule has 0 atom stereocenters. The molecule has 0 N–H and O–H groups in total. The van der Waals surface area contributed by atoms with Crippen molar-refractivity contribution in [2.45, 2.75) is 20.0 Å². The zero-order valence-electron chi connectivity index (χ0n) is 27.4. The molecule has 0 bridgehead atoms. The molecule has 7 rings (SSSR count). The molecule has 3 aliphatic heterocycles. The second-order valence-corrected chi connectivity index (χ2v) is 12.7. The monoisotopic (exact) mass is 633 g/mol. The second-order valence-electron chi connectivity index (χ2n) is 12.7. The van der Waals surface area contributed by atoms with E-state index in [1.165, 1.54) is 0 Å². The lowest BCUT2D eigenvalue weighted by molar-refractivity contribution is 0.0292. The lowest BCUT2D eigenvalue weighted by Gasteiger charge is -2.36. The first-order valence-corrected chi connectivity index (χ1v) is 16.6. The number of aryl methyl sites for hydroxylation is 1. The van der Waals surface area contributed by atoms with E-state index in [1.807, 2.05) is 83.5 Å². The van der Waals surface area contributed by atoms with Crippen LogP contribution in [0.5, 0.6) is 5.75 Å². The van der Waals surface area contributed by atoms with Crippen LogP contribution in [0.4, 0.5) is 5.69 Å². The molecule has 2 saturated heterocycles. The molecule has 3 aromatic carbocycles. The minimum atomic E-state index is -0.0616. The van der Waals surface area contributed by atoms with Gasteiger partial charge < -0.3 is 23.8 Å². The van der Waals surface area contributed by atoms with Crippen LogP contribution in [-0.2, 0) is 17.8 Å².